The fraction of sp³-hybridized carbons (Fsp3) is 0.533. The summed E-state index contributed by atoms with van der Waals surface area (Å²) in [5.41, 5.74) is 0.998. The summed E-state index contributed by atoms with van der Waals surface area (Å²) in [7, 11) is 0. The number of likely N-dealkylation sites (N-methyl/N-ethyl adjacent to an activating group) is 1. The van der Waals surface area contributed by atoms with E-state index >= 15 is 0 Å². The topological polar surface area (TPSA) is 29.5 Å². The van der Waals surface area contributed by atoms with Crippen molar-refractivity contribution in [2.75, 3.05) is 19.7 Å². The van der Waals surface area contributed by atoms with Crippen LogP contribution in [0.1, 0.15) is 26.3 Å². The van der Waals surface area contributed by atoms with Crippen molar-refractivity contribution < 1.29 is 9.53 Å². The minimum atomic E-state index is -0.153. The number of ether oxygens (including phenoxy) is 1. The lowest BCUT2D eigenvalue weighted by Gasteiger charge is -2.25. The van der Waals surface area contributed by atoms with Crippen molar-refractivity contribution in [2.45, 2.75) is 33.2 Å². The number of carbonyl (C=O) groups is 1. The number of hydrogen-bond donors (Lipinski definition) is 0. The van der Waals surface area contributed by atoms with Gasteiger partial charge in [-0.05, 0) is 25.6 Å². The van der Waals surface area contributed by atoms with Crippen LogP contribution in [0.3, 0.4) is 0 Å². The molecule has 0 spiro atoms. The first-order chi connectivity index (χ1) is 8.67. The van der Waals surface area contributed by atoms with Gasteiger partial charge in [-0.3, -0.25) is 9.69 Å². The molecule has 1 atom stereocenters. The van der Waals surface area contributed by atoms with Crippen molar-refractivity contribution in [1.29, 1.82) is 0 Å². The molecule has 1 unspecified atom stereocenters. The summed E-state index contributed by atoms with van der Waals surface area (Å²) < 4.78 is 5.31. The first-order valence-electron chi connectivity index (χ1n) is 6.61. The van der Waals surface area contributed by atoms with Crippen LogP contribution >= 0.6 is 0 Å². The van der Waals surface area contributed by atoms with Gasteiger partial charge in [-0.1, -0.05) is 44.2 Å². The van der Waals surface area contributed by atoms with Gasteiger partial charge in [-0.15, -0.1) is 0 Å². The monoisotopic (exact) mass is 249 g/mol. The number of benzene rings is 1. The van der Waals surface area contributed by atoms with Crippen LogP contribution in [0.4, 0.5) is 0 Å². The first kappa shape index (κ1) is 14.7. The van der Waals surface area contributed by atoms with Gasteiger partial charge in [0.1, 0.15) is 6.61 Å². The fourth-order valence-electron chi connectivity index (χ4n) is 1.98. The summed E-state index contributed by atoms with van der Waals surface area (Å²) in [5, 5.41) is 0. The van der Waals surface area contributed by atoms with Gasteiger partial charge in [-0.2, -0.15) is 0 Å². The first-order valence-corrected chi connectivity index (χ1v) is 6.61. The highest BCUT2D eigenvalue weighted by molar-refractivity contribution is 5.72. The Kier molecular flexibility index (Phi) is 6.44. The minimum Gasteiger partial charge on any atom is -0.464 e. The largest absolute Gasteiger partial charge is 0.464 e. The fourth-order valence-corrected chi connectivity index (χ4v) is 1.98. The predicted molar refractivity (Wildman–Crippen MR) is 73.5 cm³/mol. The van der Waals surface area contributed by atoms with Crippen LogP contribution in [-0.2, 0) is 16.0 Å². The Hall–Kier alpha value is -1.35. The standard InChI is InChI=1S/C15H23NO2/c1-4-16(5-2)13(3)12-18-15(17)11-14-9-7-6-8-10-14/h6-10,13H,4-5,11-12H2,1-3H3. The zero-order valence-electron chi connectivity index (χ0n) is 11.6. The summed E-state index contributed by atoms with van der Waals surface area (Å²) in [4.78, 5) is 13.9. The summed E-state index contributed by atoms with van der Waals surface area (Å²) in [6.07, 6.45) is 0.353. The van der Waals surface area contributed by atoms with E-state index in [1.807, 2.05) is 30.3 Å². The molecule has 3 heteroatoms. The summed E-state index contributed by atoms with van der Waals surface area (Å²) in [5.74, 6) is -0.153. The van der Waals surface area contributed by atoms with E-state index in [1.54, 1.807) is 0 Å². The number of rotatable bonds is 7. The lowest BCUT2D eigenvalue weighted by atomic mass is 10.2. The molecule has 3 nitrogen and oxygen atoms in total. The van der Waals surface area contributed by atoms with Gasteiger partial charge in [0.05, 0.1) is 6.42 Å². The van der Waals surface area contributed by atoms with Gasteiger partial charge in [0.2, 0.25) is 0 Å². The molecule has 0 aliphatic heterocycles. The normalized spacial score (nSPS) is 12.4. The quantitative estimate of drug-likeness (QED) is 0.695. The average Bonchev–Trinajstić information content (AvgIpc) is 2.39. The molecular formula is C15H23NO2. The maximum absolute atomic E-state index is 11.7. The van der Waals surface area contributed by atoms with Crippen LogP contribution in [0.5, 0.6) is 0 Å². The molecule has 0 fully saturated rings. The smallest absolute Gasteiger partial charge is 0.310 e. The van der Waals surface area contributed by atoms with Crippen molar-refractivity contribution in [3.63, 3.8) is 0 Å². The van der Waals surface area contributed by atoms with Crippen molar-refractivity contribution >= 4 is 5.97 Å². The number of esters is 1. The van der Waals surface area contributed by atoms with E-state index in [4.69, 9.17) is 4.74 Å². The van der Waals surface area contributed by atoms with Crippen LogP contribution in [0.15, 0.2) is 30.3 Å². The second kappa shape index (κ2) is 7.88. The van der Waals surface area contributed by atoms with Crippen LogP contribution in [0.2, 0.25) is 0 Å². The molecular weight excluding hydrogens is 226 g/mol. The van der Waals surface area contributed by atoms with Crippen molar-refractivity contribution in [3.05, 3.63) is 35.9 Å². The molecule has 0 amide bonds. The Morgan fingerprint density at radius 2 is 1.83 bits per heavy atom. The molecule has 100 valence electrons. The lowest BCUT2D eigenvalue weighted by Crippen LogP contribution is -2.36. The van der Waals surface area contributed by atoms with Gasteiger partial charge < -0.3 is 4.74 Å². The van der Waals surface area contributed by atoms with E-state index in [2.05, 4.69) is 25.7 Å². The molecule has 1 aromatic carbocycles. The van der Waals surface area contributed by atoms with Gasteiger partial charge in [0.25, 0.3) is 0 Å². The number of nitrogens with zero attached hydrogens (tertiary/aromatic N) is 1. The van der Waals surface area contributed by atoms with E-state index in [-0.39, 0.29) is 12.0 Å². The third-order valence-electron chi connectivity index (χ3n) is 3.11. The van der Waals surface area contributed by atoms with Crippen LogP contribution < -0.4 is 0 Å². The van der Waals surface area contributed by atoms with Crippen molar-refractivity contribution in [2.24, 2.45) is 0 Å². The highest BCUT2D eigenvalue weighted by atomic mass is 16.5. The molecule has 0 aromatic heterocycles. The average molecular weight is 249 g/mol. The molecule has 1 rings (SSSR count). The van der Waals surface area contributed by atoms with E-state index < -0.39 is 0 Å². The Bertz CT molecular complexity index is 347. The van der Waals surface area contributed by atoms with Gasteiger partial charge in [0, 0.05) is 6.04 Å². The number of carbonyl (C=O) groups excluding carboxylic acids is 1. The summed E-state index contributed by atoms with van der Waals surface area (Å²) in [6, 6.07) is 9.96. The van der Waals surface area contributed by atoms with Gasteiger partial charge >= 0.3 is 5.97 Å². The van der Waals surface area contributed by atoms with E-state index in [0.29, 0.717) is 13.0 Å². The Balaban J connectivity index is 2.33. The second-order valence-electron chi connectivity index (χ2n) is 4.42. The SMILES string of the molecule is CCN(CC)C(C)COC(=O)Cc1ccccc1. The maximum atomic E-state index is 11.7. The van der Waals surface area contributed by atoms with E-state index in [1.165, 1.54) is 0 Å². The van der Waals surface area contributed by atoms with Crippen molar-refractivity contribution in [1.82, 2.24) is 4.90 Å². The van der Waals surface area contributed by atoms with Crippen molar-refractivity contribution in [3.8, 4) is 0 Å². The van der Waals surface area contributed by atoms with Crippen LogP contribution in [0, 0.1) is 0 Å². The van der Waals surface area contributed by atoms with Gasteiger partial charge in [0.15, 0.2) is 0 Å². The highest BCUT2D eigenvalue weighted by Crippen LogP contribution is 2.03. The van der Waals surface area contributed by atoms with Crippen LogP contribution in [-0.4, -0.2) is 36.6 Å². The summed E-state index contributed by atoms with van der Waals surface area (Å²) >= 11 is 0. The zero-order chi connectivity index (χ0) is 13.4. The molecule has 0 radical (unpaired) electrons. The summed E-state index contributed by atoms with van der Waals surface area (Å²) in [6.45, 7) is 8.75. The highest BCUT2D eigenvalue weighted by Gasteiger charge is 2.12. The molecule has 0 saturated carbocycles. The Labute approximate surface area is 110 Å². The predicted octanol–water partition coefficient (Wildman–Crippen LogP) is 2.50. The molecule has 18 heavy (non-hydrogen) atoms. The van der Waals surface area contributed by atoms with E-state index in [0.717, 1.165) is 18.7 Å². The Morgan fingerprint density at radius 3 is 2.39 bits per heavy atom. The third-order valence-corrected chi connectivity index (χ3v) is 3.11. The zero-order valence-corrected chi connectivity index (χ0v) is 11.6. The minimum absolute atomic E-state index is 0.153. The molecule has 1 aromatic rings. The molecule has 0 bridgehead atoms. The molecule has 0 N–H and O–H groups in total. The molecule has 0 saturated heterocycles. The van der Waals surface area contributed by atoms with E-state index in [9.17, 15) is 4.79 Å². The number of hydrogen-bond acceptors (Lipinski definition) is 3. The second-order valence-corrected chi connectivity index (χ2v) is 4.42. The third kappa shape index (κ3) is 4.88. The maximum Gasteiger partial charge on any atom is 0.310 e. The molecule has 0 aliphatic carbocycles. The molecule has 0 aliphatic rings. The lowest BCUT2D eigenvalue weighted by molar-refractivity contribution is -0.144. The van der Waals surface area contributed by atoms with Gasteiger partial charge in [-0.25, -0.2) is 0 Å². The molecule has 0 heterocycles. The van der Waals surface area contributed by atoms with Crippen LogP contribution in [0.25, 0.3) is 0 Å². The Morgan fingerprint density at radius 1 is 1.22 bits per heavy atom.